The van der Waals surface area contributed by atoms with E-state index in [1.54, 1.807) is 0 Å². The molecule has 0 aliphatic heterocycles. The number of aryl methyl sites for hydroxylation is 1. The molecule has 1 rings (SSSR count). The summed E-state index contributed by atoms with van der Waals surface area (Å²) in [6.07, 6.45) is 6.27. The van der Waals surface area contributed by atoms with Crippen molar-refractivity contribution in [3.05, 3.63) is 18.5 Å². The van der Waals surface area contributed by atoms with Crippen LogP contribution in [-0.4, -0.2) is 9.78 Å². The fraction of sp³-hybridized carbons (Fsp3) is 0.667. The Hall–Kier alpha value is -0.790. The minimum atomic E-state index is 1.06. The Morgan fingerprint density at radius 1 is 1.36 bits per heavy atom. The lowest BCUT2D eigenvalue weighted by Gasteiger charge is -1.95. The van der Waals surface area contributed by atoms with Crippen molar-refractivity contribution in [2.24, 2.45) is 0 Å². The summed E-state index contributed by atoms with van der Waals surface area (Å²) in [6, 6.07) is 1.95. The molecule has 0 aliphatic rings. The lowest BCUT2D eigenvalue weighted by atomic mass is 10.3. The van der Waals surface area contributed by atoms with Gasteiger partial charge in [0, 0.05) is 18.9 Å². The van der Waals surface area contributed by atoms with Gasteiger partial charge >= 0.3 is 0 Å². The SMILES string of the molecule is CC.CCCCn1cccn1. The van der Waals surface area contributed by atoms with Crippen LogP contribution in [0.1, 0.15) is 33.6 Å². The zero-order valence-electron chi connectivity index (χ0n) is 7.75. The van der Waals surface area contributed by atoms with Gasteiger partial charge in [-0.2, -0.15) is 5.10 Å². The summed E-state index contributed by atoms with van der Waals surface area (Å²) >= 11 is 0. The maximum absolute atomic E-state index is 4.07. The zero-order chi connectivity index (χ0) is 8.53. The van der Waals surface area contributed by atoms with E-state index in [0.29, 0.717) is 0 Å². The Morgan fingerprint density at radius 3 is 2.55 bits per heavy atom. The van der Waals surface area contributed by atoms with Gasteiger partial charge in [-0.1, -0.05) is 27.2 Å². The number of unbranched alkanes of at least 4 members (excludes halogenated alkanes) is 1. The van der Waals surface area contributed by atoms with Crippen LogP contribution in [0.3, 0.4) is 0 Å². The summed E-state index contributed by atoms with van der Waals surface area (Å²) < 4.78 is 1.96. The first-order valence-electron chi connectivity index (χ1n) is 4.41. The van der Waals surface area contributed by atoms with Crippen LogP contribution in [0.5, 0.6) is 0 Å². The second-order valence-corrected chi connectivity index (χ2v) is 2.12. The van der Waals surface area contributed by atoms with Crippen molar-refractivity contribution in [1.29, 1.82) is 0 Å². The largest absolute Gasteiger partial charge is 0.273 e. The summed E-state index contributed by atoms with van der Waals surface area (Å²) in [4.78, 5) is 0. The van der Waals surface area contributed by atoms with Gasteiger partial charge in [0.05, 0.1) is 0 Å². The molecular weight excluding hydrogens is 136 g/mol. The Labute approximate surface area is 69.2 Å². The topological polar surface area (TPSA) is 17.8 Å². The van der Waals surface area contributed by atoms with Crippen LogP contribution in [0.15, 0.2) is 18.5 Å². The van der Waals surface area contributed by atoms with E-state index >= 15 is 0 Å². The van der Waals surface area contributed by atoms with Gasteiger partial charge in [-0.15, -0.1) is 0 Å². The van der Waals surface area contributed by atoms with E-state index in [0.717, 1.165) is 6.54 Å². The molecular formula is C9H18N2. The number of hydrogen-bond donors (Lipinski definition) is 0. The molecule has 0 aliphatic carbocycles. The molecule has 0 amide bonds. The highest BCUT2D eigenvalue weighted by molar-refractivity contribution is 4.77. The molecule has 2 nitrogen and oxygen atoms in total. The zero-order valence-corrected chi connectivity index (χ0v) is 7.75. The third-order valence-corrected chi connectivity index (χ3v) is 1.30. The van der Waals surface area contributed by atoms with E-state index in [1.165, 1.54) is 12.8 Å². The molecule has 0 fully saturated rings. The third-order valence-electron chi connectivity index (χ3n) is 1.30. The molecule has 0 unspecified atom stereocenters. The minimum Gasteiger partial charge on any atom is -0.273 e. The van der Waals surface area contributed by atoms with E-state index in [2.05, 4.69) is 12.0 Å². The standard InChI is InChI=1S/C7H12N2.C2H6/c1-2-3-6-9-7-4-5-8-9;1-2/h4-5,7H,2-3,6H2,1H3;1-2H3. The first-order chi connectivity index (χ1) is 5.43. The van der Waals surface area contributed by atoms with Gasteiger partial charge in [-0.05, 0) is 12.5 Å². The van der Waals surface area contributed by atoms with Crippen LogP contribution < -0.4 is 0 Å². The van der Waals surface area contributed by atoms with Gasteiger partial charge in [-0.3, -0.25) is 4.68 Å². The van der Waals surface area contributed by atoms with Crippen molar-refractivity contribution in [1.82, 2.24) is 9.78 Å². The van der Waals surface area contributed by atoms with Crippen LogP contribution in [0.4, 0.5) is 0 Å². The Balaban J connectivity index is 0.000000461. The molecule has 2 heteroatoms. The first-order valence-corrected chi connectivity index (χ1v) is 4.41. The van der Waals surface area contributed by atoms with Crippen LogP contribution >= 0.6 is 0 Å². The van der Waals surface area contributed by atoms with Gasteiger partial charge in [0.25, 0.3) is 0 Å². The molecule has 0 bridgehead atoms. The average molecular weight is 154 g/mol. The molecule has 11 heavy (non-hydrogen) atoms. The minimum absolute atomic E-state index is 1.06. The van der Waals surface area contributed by atoms with Gasteiger partial charge in [-0.25, -0.2) is 0 Å². The normalized spacial score (nSPS) is 8.64. The Bertz CT molecular complexity index is 145. The predicted octanol–water partition coefficient (Wildman–Crippen LogP) is 2.71. The highest BCUT2D eigenvalue weighted by Gasteiger charge is 1.85. The first kappa shape index (κ1) is 10.2. The Kier molecular flexibility index (Phi) is 6.79. The summed E-state index contributed by atoms with van der Waals surface area (Å²) in [5.41, 5.74) is 0. The molecule has 0 spiro atoms. The molecule has 64 valence electrons. The highest BCUT2D eigenvalue weighted by Crippen LogP contribution is 1.91. The Morgan fingerprint density at radius 2 is 2.09 bits per heavy atom. The second kappa shape index (κ2) is 7.32. The predicted molar refractivity (Wildman–Crippen MR) is 48.5 cm³/mol. The van der Waals surface area contributed by atoms with Crippen molar-refractivity contribution in [3.8, 4) is 0 Å². The molecule has 0 radical (unpaired) electrons. The van der Waals surface area contributed by atoms with Gasteiger partial charge < -0.3 is 0 Å². The average Bonchev–Trinajstić information content (AvgIpc) is 2.57. The number of nitrogens with zero attached hydrogens (tertiary/aromatic N) is 2. The van der Waals surface area contributed by atoms with E-state index in [-0.39, 0.29) is 0 Å². The second-order valence-electron chi connectivity index (χ2n) is 2.12. The van der Waals surface area contributed by atoms with E-state index in [1.807, 2.05) is 37.0 Å². The van der Waals surface area contributed by atoms with Gasteiger partial charge in [0.2, 0.25) is 0 Å². The molecule has 0 saturated heterocycles. The van der Waals surface area contributed by atoms with Gasteiger partial charge in [0.15, 0.2) is 0 Å². The number of aromatic nitrogens is 2. The lowest BCUT2D eigenvalue weighted by molar-refractivity contribution is 0.572. The van der Waals surface area contributed by atoms with Crippen LogP contribution in [-0.2, 0) is 6.54 Å². The molecule has 0 aromatic carbocycles. The van der Waals surface area contributed by atoms with E-state index in [9.17, 15) is 0 Å². The molecule has 1 heterocycles. The van der Waals surface area contributed by atoms with Gasteiger partial charge in [0.1, 0.15) is 0 Å². The fourth-order valence-corrected chi connectivity index (χ4v) is 0.753. The molecule has 0 N–H and O–H groups in total. The smallest absolute Gasteiger partial charge is 0.0489 e. The molecule has 1 aromatic rings. The van der Waals surface area contributed by atoms with Crippen LogP contribution in [0, 0.1) is 0 Å². The monoisotopic (exact) mass is 154 g/mol. The summed E-state index contributed by atoms with van der Waals surface area (Å²) in [5.74, 6) is 0. The van der Waals surface area contributed by atoms with Crippen molar-refractivity contribution >= 4 is 0 Å². The summed E-state index contributed by atoms with van der Waals surface area (Å²) in [7, 11) is 0. The maximum atomic E-state index is 4.07. The van der Waals surface area contributed by atoms with Crippen molar-refractivity contribution in [2.45, 2.75) is 40.2 Å². The van der Waals surface area contributed by atoms with E-state index < -0.39 is 0 Å². The molecule has 0 saturated carbocycles. The third kappa shape index (κ3) is 4.59. The number of rotatable bonds is 3. The summed E-state index contributed by atoms with van der Waals surface area (Å²) in [5, 5.41) is 4.07. The quantitative estimate of drug-likeness (QED) is 0.654. The number of hydrogen-bond acceptors (Lipinski definition) is 1. The van der Waals surface area contributed by atoms with Crippen molar-refractivity contribution in [2.75, 3.05) is 0 Å². The van der Waals surface area contributed by atoms with E-state index in [4.69, 9.17) is 0 Å². The summed E-state index contributed by atoms with van der Waals surface area (Å²) in [6.45, 7) is 7.24. The van der Waals surface area contributed by atoms with Crippen molar-refractivity contribution in [3.63, 3.8) is 0 Å². The van der Waals surface area contributed by atoms with Crippen molar-refractivity contribution < 1.29 is 0 Å². The highest BCUT2D eigenvalue weighted by atomic mass is 15.3. The van der Waals surface area contributed by atoms with Crippen LogP contribution in [0.25, 0.3) is 0 Å². The molecule has 1 aromatic heterocycles. The molecule has 0 atom stereocenters. The lowest BCUT2D eigenvalue weighted by Crippen LogP contribution is -1.96. The van der Waals surface area contributed by atoms with Crippen LogP contribution in [0.2, 0.25) is 0 Å². The fourth-order valence-electron chi connectivity index (χ4n) is 0.753. The maximum Gasteiger partial charge on any atom is 0.0489 e.